The van der Waals surface area contributed by atoms with E-state index in [1.807, 2.05) is 26.8 Å². The second-order valence-electron chi connectivity index (χ2n) is 6.92. The summed E-state index contributed by atoms with van der Waals surface area (Å²) in [6, 6.07) is 1.94. The average Bonchev–Trinajstić information content (AvgIpc) is 3.16. The summed E-state index contributed by atoms with van der Waals surface area (Å²) >= 11 is 0. The van der Waals surface area contributed by atoms with Crippen molar-refractivity contribution in [2.24, 2.45) is 4.99 Å². The number of hydrogen-bond acceptors (Lipinski definition) is 6. The SMILES string of the molecule is CN=C(NCc1noc(C(C)(C)C)n1)NCc1cc(C(C)C)no1.I. The molecule has 9 heteroatoms. The first-order valence-corrected chi connectivity index (χ1v) is 8.02. The molecule has 0 aromatic carbocycles. The fourth-order valence-corrected chi connectivity index (χ4v) is 1.87. The van der Waals surface area contributed by atoms with E-state index >= 15 is 0 Å². The molecule has 0 aliphatic heterocycles. The maximum Gasteiger partial charge on any atom is 0.232 e. The van der Waals surface area contributed by atoms with Gasteiger partial charge in [0.05, 0.1) is 18.8 Å². The Bertz CT molecular complexity index is 687. The summed E-state index contributed by atoms with van der Waals surface area (Å²) < 4.78 is 10.6. The molecule has 25 heavy (non-hydrogen) atoms. The van der Waals surface area contributed by atoms with E-state index in [0.717, 1.165) is 11.5 Å². The van der Waals surface area contributed by atoms with Crippen LogP contribution in [0.2, 0.25) is 0 Å². The molecule has 2 aromatic heterocycles. The fraction of sp³-hybridized carbons (Fsp3) is 0.625. The maximum absolute atomic E-state index is 5.29. The molecular formula is C16H27IN6O2. The predicted molar refractivity (Wildman–Crippen MR) is 106 cm³/mol. The topological polar surface area (TPSA) is 101 Å². The van der Waals surface area contributed by atoms with Gasteiger partial charge in [-0.2, -0.15) is 4.98 Å². The summed E-state index contributed by atoms with van der Waals surface area (Å²) in [7, 11) is 1.70. The Kier molecular flexibility index (Phi) is 7.84. The van der Waals surface area contributed by atoms with Crippen LogP contribution in [0.5, 0.6) is 0 Å². The van der Waals surface area contributed by atoms with Crippen LogP contribution < -0.4 is 10.6 Å². The van der Waals surface area contributed by atoms with Crippen molar-refractivity contribution in [2.45, 2.75) is 59.0 Å². The molecule has 0 aliphatic rings. The first-order chi connectivity index (χ1) is 11.3. The van der Waals surface area contributed by atoms with Crippen LogP contribution in [-0.2, 0) is 18.5 Å². The largest absolute Gasteiger partial charge is 0.359 e. The second kappa shape index (κ2) is 9.16. The van der Waals surface area contributed by atoms with Crippen molar-refractivity contribution < 1.29 is 9.05 Å². The minimum absolute atomic E-state index is 0. The van der Waals surface area contributed by atoms with Crippen molar-refractivity contribution in [3.63, 3.8) is 0 Å². The Morgan fingerprint density at radius 2 is 1.84 bits per heavy atom. The van der Waals surface area contributed by atoms with Gasteiger partial charge < -0.3 is 19.7 Å². The molecule has 0 atom stereocenters. The Hall–Kier alpha value is -1.65. The Balaban J connectivity index is 0.00000312. The molecule has 2 rings (SSSR count). The van der Waals surface area contributed by atoms with Crippen molar-refractivity contribution in [3.8, 4) is 0 Å². The third-order valence-electron chi connectivity index (χ3n) is 3.35. The number of guanidine groups is 1. The van der Waals surface area contributed by atoms with E-state index in [9.17, 15) is 0 Å². The minimum Gasteiger partial charge on any atom is -0.359 e. The third-order valence-corrected chi connectivity index (χ3v) is 3.35. The quantitative estimate of drug-likeness (QED) is 0.400. The molecule has 0 amide bonds. The molecule has 0 unspecified atom stereocenters. The zero-order valence-electron chi connectivity index (χ0n) is 15.6. The van der Waals surface area contributed by atoms with E-state index in [1.54, 1.807) is 7.05 Å². The summed E-state index contributed by atoms with van der Waals surface area (Å²) in [6.07, 6.45) is 0. The van der Waals surface area contributed by atoms with Crippen LogP contribution in [0.3, 0.4) is 0 Å². The van der Waals surface area contributed by atoms with Gasteiger partial charge in [-0.1, -0.05) is 44.9 Å². The lowest BCUT2D eigenvalue weighted by molar-refractivity contribution is 0.318. The van der Waals surface area contributed by atoms with Gasteiger partial charge in [0.1, 0.15) is 0 Å². The van der Waals surface area contributed by atoms with Gasteiger partial charge in [-0.25, -0.2) is 0 Å². The summed E-state index contributed by atoms with van der Waals surface area (Å²) in [5, 5.41) is 14.3. The molecule has 2 N–H and O–H groups in total. The molecule has 0 saturated carbocycles. The molecule has 0 spiro atoms. The monoisotopic (exact) mass is 462 g/mol. The molecule has 2 aromatic rings. The van der Waals surface area contributed by atoms with Gasteiger partial charge in [-0.15, -0.1) is 24.0 Å². The molecule has 140 valence electrons. The first-order valence-electron chi connectivity index (χ1n) is 8.02. The van der Waals surface area contributed by atoms with Crippen LogP contribution >= 0.6 is 24.0 Å². The van der Waals surface area contributed by atoms with Crippen LogP contribution in [0.15, 0.2) is 20.1 Å². The number of aromatic nitrogens is 3. The van der Waals surface area contributed by atoms with Crippen LogP contribution in [0.25, 0.3) is 0 Å². The van der Waals surface area contributed by atoms with Crippen LogP contribution in [0.1, 0.15) is 63.7 Å². The highest BCUT2D eigenvalue weighted by molar-refractivity contribution is 14.0. The molecule has 0 saturated heterocycles. The van der Waals surface area contributed by atoms with Gasteiger partial charge in [-0.05, 0) is 5.92 Å². The van der Waals surface area contributed by atoms with Crippen LogP contribution in [-0.4, -0.2) is 28.3 Å². The third kappa shape index (κ3) is 6.29. The van der Waals surface area contributed by atoms with Crippen LogP contribution in [0.4, 0.5) is 0 Å². The maximum atomic E-state index is 5.29. The van der Waals surface area contributed by atoms with E-state index in [1.165, 1.54) is 0 Å². The van der Waals surface area contributed by atoms with Crippen molar-refractivity contribution >= 4 is 29.9 Å². The average molecular weight is 462 g/mol. The number of rotatable bonds is 5. The van der Waals surface area contributed by atoms with Gasteiger partial charge in [0.25, 0.3) is 0 Å². The highest BCUT2D eigenvalue weighted by atomic mass is 127. The standard InChI is InChI=1S/C16H26N6O2.HI/c1-10(2)12-7-11(23-21-12)8-18-15(17-6)19-9-13-20-14(24-22-13)16(3,4)5;/h7,10H,8-9H2,1-6H3,(H2,17,18,19);1H. The van der Waals surface area contributed by atoms with E-state index in [0.29, 0.717) is 36.7 Å². The summed E-state index contributed by atoms with van der Waals surface area (Å²) in [5.74, 6) is 2.93. The zero-order valence-corrected chi connectivity index (χ0v) is 17.9. The normalized spacial score (nSPS) is 12.2. The van der Waals surface area contributed by atoms with E-state index < -0.39 is 0 Å². The molecular weight excluding hydrogens is 435 g/mol. The van der Waals surface area contributed by atoms with Gasteiger partial charge in [0.15, 0.2) is 17.5 Å². The van der Waals surface area contributed by atoms with Gasteiger partial charge >= 0.3 is 0 Å². The Labute approximate surface area is 165 Å². The molecule has 0 bridgehead atoms. The first kappa shape index (κ1) is 21.4. The number of nitrogens with zero attached hydrogens (tertiary/aromatic N) is 4. The second-order valence-corrected chi connectivity index (χ2v) is 6.92. The van der Waals surface area contributed by atoms with Crippen molar-refractivity contribution in [2.75, 3.05) is 7.05 Å². The highest BCUT2D eigenvalue weighted by Crippen LogP contribution is 2.19. The van der Waals surface area contributed by atoms with Crippen molar-refractivity contribution in [3.05, 3.63) is 29.2 Å². The predicted octanol–water partition coefficient (Wildman–Crippen LogP) is 2.96. The molecule has 0 fully saturated rings. The Morgan fingerprint density at radius 3 is 2.36 bits per heavy atom. The number of nitrogens with one attached hydrogen (secondary N) is 2. The van der Waals surface area contributed by atoms with Gasteiger partial charge in [0, 0.05) is 18.5 Å². The molecule has 2 heterocycles. The smallest absolute Gasteiger partial charge is 0.232 e. The lowest BCUT2D eigenvalue weighted by Crippen LogP contribution is -2.36. The van der Waals surface area contributed by atoms with Crippen LogP contribution in [0, 0.1) is 0 Å². The lowest BCUT2D eigenvalue weighted by atomic mass is 9.97. The molecule has 0 aliphatic carbocycles. The van der Waals surface area contributed by atoms with Crippen molar-refractivity contribution in [1.29, 1.82) is 0 Å². The zero-order chi connectivity index (χ0) is 17.7. The molecule has 0 radical (unpaired) electrons. The number of aliphatic imine (C=N–C) groups is 1. The Morgan fingerprint density at radius 1 is 1.16 bits per heavy atom. The van der Waals surface area contributed by atoms with E-state index in [-0.39, 0.29) is 29.4 Å². The molecule has 8 nitrogen and oxygen atoms in total. The summed E-state index contributed by atoms with van der Waals surface area (Å²) in [4.78, 5) is 8.54. The number of hydrogen-bond donors (Lipinski definition) is 2. The number of halogens is 1. The minimum atomic E-state index is -0.161. The highest BCUT2D eigenvalue weighted by Gasteiger charge is 2.21. The fourth-order valence-electron chi connectivity index (χ4n) is 1.87. The van der Waals surface area contributed by atoms with E-state index in [2.05, 4.69) is 44.8 Å². The summed E-state index contributed by atoms with van der Waals surface area (Å²) in [6.45, 7) is 11.2. The van der Waals surface area contributed by atoms with Gasteiger partial charge in [-0.3, -0.25) is 4.99 Å². The van der Waals surface area contributed by atoms with Crippen molar-refractivity contribution in [1.82, 2.24) is 25.9 Å². The van der Waals surface area contributed by atoms with E-state index in [4.69, 9.17) is 9.05 Å². The lowest BCUT2D eigenvalue weighted by Gasteiger charge is -2.10. The summed E-state index contributed by atoms with van der Waals surface area (Å²) in [5.41, 5.74) is 0.780. The van der Waals surface area contributed by atoms with Gasteiger partial charge in [0.2, 0.25) is 5.89 Å².